The van der Waals surface area contributed by atoms with E-state index >= 15 is 0 Å². The lowest BCUT2D eigenvalue weighted by molar-refractivity contribution is -0.309. The van der Waals surface area contributed by atoms with Gasteiger partial charge in [0.1, 0.15) is 5.01 Å². The van der Waals surface area contributed by atoms with Crippen molar-refractivity contribution in [3.05, 3.63) is 40.9 Å². The molecule has 0 N–H and O–H groups in total. The van der Waals surface area contributed by atoms with Crippen molar-refractivity contribution in [3.63, 3.8) is 0 Å². The van der Waals surface area contributed by atoms with Crippen LogP contribution in [0, 0.1) is 6.92 Å². The number of rotatable bonds is 3. The molecule has 3 rings (SSSR count). The Hall–Kier alpha value is -0.920. The van der Waals surface area contributed by atoms with Crippen LogP contribution in [0.15, 0.2) is 29.6 Å². The van der Waals surface area contributed by atoms with E-state index in [1.54, 1.807) is 11.3 Å². The fourth-order valence-electron chi connectivity index (χ4n) is 1.51. The third-order valence-electron chi connectivity index (χ3n) is 2.36. The van der Waals surface area contributed by atoms with Crippen molar-refractivity contribution in [2.45, 2.75) is 13.5 Å². The minimum atomic E-state index is 0.629. The molecule has 17 heavy (non-hydrogen) atoms. The van der Waals surface area contributed by atoms with Gasteiger partial charge in [0.2, 0.25) is 12.3 Å². The van der Waals surface area contributed by atoms with Crippen LogP contribution in [-0.4, -0.2) is 10.2 Å². The van der Waals surface area contributed by atoms with Gasteiger partial charge in [0.15, 0.2) is 0 Å². The SMILES string of the molecule is Cc1csc(-c2ccc(CN3OSO3)cc2)n1. The summed E-state index contributed by atoms with van der Waals surface area (Å²) >= 11 is 2.65. The first kappa shape index (κ1) is 11.2. The molecular formula is C11H10N2O2S2. The van der Waals surface area contributed by atoms with Crippen LogP contribution in [-0.2, 0) is 15.1 Å². The Balaban J connectivity index is 1.75. The zero-order valence-corrected chi connectivity index (χ0v) is 10.8. The van der Waals surface area contributed by atoms with Gasteiger partial charge in [-0.05, 0) is 17.7 Å². The average Bonchev–Trinajstić information content (AvgIpc) is 2.71. The Kier molecular flexibility index (Phi) is 3.13. The van der Waals surface area contributed by atoms with E-state index in [0.29, 0.717) is 6.54 Å². The van der Waals surface area contributed by atoms with Gasteiger partial charge in [-0.25, -0.2) is 4.98 Å². The third-order valence-corrected chi connectivity index (χ3v) is 3.82. The normalized spacial score (nSPS) is 15.8. The topological polar surface area (TPSA) is 34.6 Å². The number of hydrogen-bond acceptors (Lipinski definition) is 6. The van der Waals surface area contributed by atoms with Crippen molar-refractivity contribution >= 4 is 23.7 Å². The summed E-state index contributed by atoms with van der Waals surface area (Å²) in [5.74, 6) is 0. The molecular weight excluding hydrogens is 256 g/mol. The van der Waals surface area contributed by atoms with Gasteiger partial charge in [-0.3, -0.25) is 0 Å². The number of hydrogen-bond donors (Lipinski definition) is 0. The number of thiazole rings is 1. The van der Waals surface area contributed by atoms with Crippen LogP contribution in [0.1, 0.15) is 11.3 Å². The Morgan fingerprint density at radius 2 is 2.00 bits per heavy atom. The molecule has 0 amide bonds. The van der Waals surface area contributed by atoms with Crippen LogP contribution in [0.4, 0.5) is 0 Å². The van der Waals surface area contributed by atoms with Gasteiger partial charge in [0, 0.05) is 16.6 Å². The lowest BCUT2D eigenvalue weighted by Gasteiger charge is -2.24. The summed E-state index contributed by atoms with van der Waals surface area (Å²) in [4.78, 5) is 4.45. The van der Waals surface area contributed by atoms with E-state index in [1.165, 1.54) is 5.23 Å². The first-order valence-corrected chi connectivity index (χ1v) is 6.66. The number of aromatic nitrogens is 1. The molecule has 0 radical (unpaired) electrons. The Morgan fingerprint density at radius 3 is 2.53 bits per heavy atom. The summed E-state index contributed by atoms with van der Waals surface area (Å²) in [7, 11) is 0. The van der Waals surface area contributed by atoms with Crippen LogP contribution < -0.4 is 0 Å². The number of hydroxylamine groups is 2. The number of benzene rings is 1. The van der Waals surface area contributed by atoms with Gasteiger partial charge in [0.05, 0.1) is 6.54 Å². The zero-order chi connectivity index (χ0) is 11.7. The molecule has 1 aliphatic heterocycles. The molecule has 1 aliphatic rings. The fraction of sp³-hybridized carbons (Fsp3) is 0.182. The van der Waals surface area contributed by atoms with Crippen LogP contribution in [0.25, 0.3) is 10.6 Å². The maximum Gasteiger partial charge on any atom is 0.203 e. The summed E-state index contributed by atoms with van der Waals surface area (Å²) in [6.45, 7) is 2.63. The molecule has 0 aliphatic carbocycles. The van der Waals surface area contributed by atoms with E-state index in [0.717, 1.165) is 34.2 Å². The molecule has 1 aromatic carbocycles. The Morgan fingerprint density at radius 1 is 1.24 bits per heavy atom. The maximum atomic E-state index is 4.97. The first-order chi connectivity index (χ1) is 8.31. The molecule has 2 aromatic rings. The standard InChI is InChI=1S/C11H10N2O2S2/c1-8-7-16-11(12-8)10-4-2-9(3-5-10)6-13-14-17-15-13/h2-5,7H,6H2,1H3. The highest BCUT2D eigenvalue weighted by Gasteiger charge is 2.19. The average molecular weight is 266 g/mol. The molecule has 0 unspecified atom stereocenters. The summed E-state index contributed by atoms with van der Waals surface area (Å²) in [6.07, 6.45) is 0. The third kappa shape index (κ3) is 2.51. The van der Waals surface area contributed by atoms with Gasteiger partial charge >= 0.3 is 0 Å². The smallest absolute Gasteiger partial charge is 0.203 e. The van der Waals surface area contributed by atoms with Crippen molar-refractivity contribution in [3.8, 4) is 10.6 Å². The van der Waals surface area contributed by atoms with Crippen molar-refractivity contribution in [1.29, 1.82) is 0 Å². The van der Waals surface area contributed by atoms with Gasteiger partial charge < -0.3 is 0 Å². The van der Waals surface area contributed by atoms with Crippen LogP contribution >= 0.6 is 23.7 Å². The fourth-order valence-corrected chi connectivity index (χ4v) is 2.57. The predicted octanol–water partition coefficient (Wildman–Crippen LogP) is 3.36. The van der Waals surface area contributed by atoms with Crippen molar-refractivity contribution < 1.29 is 8.57 Å². The Labute approximate surface area is 108 Å². The second-order valence-corrected chi connectivity index (χ2v) is 4.99. The highest BCUT2D eigenvalue weighted by Crippen LogP contribution is 2.27. The van der Waals surface area contributed by atoms with E-state index in [2.05, 4.69) is 34.6 Å². The number of nitrogens with zero attached hydrogens (tertiary/aromatic N) is 2. The molecule has 1 fully saturated rings. The lowest BCUT2D eigenvalue weighted by atomic mass is 10.1. The van der Waals surface area contributed by atoms with E-state index in [9.17, 15) is 0 Å². The lowest BCUT2D eigenvalue weighted by Crippen LogP contribution is -2.26. The highest BCUT2D eigenvalue weighted by molar-refractivity contribution is 7.90. The molecule has 1 saturated heterocycles. The quantitative estimate of drug-likeness (QED) is 0.796. The molecule has 88 valence electrons. The molecule has 0 atom stereocenters. The maximum absolute atomic E-state index is 4.97. The summed E-state index contributed by atoms with van der Waals surface area (Å²) in [5, 5.41) is 4.55. The van der Waals surface area contributed by atoms with E-state index < -0.39 is 0 Å². The molecule has 6 heteroatoms. The second-order valence-electron chi connectivity index (χ2n) is 3.70. The summed E-state index contributed by atoms with van der Waals surface area (Å²) < 4.78 is 9.94. The second kappa shape index (κ2) is 4.75. The number of aryl methyl sites for hydroxylation is 1. The molecule has 1 aromatic heterocycles. The van der Waals surface area contributed by atoms with Gasteiger partial charge in [-0.2, -0.15) is 8.57 Å². The van der Waals surface area contributed by atoms with Gasteiger partial charge in [-0.1, -0.05) is 24.3 Å². The van der Waals surface area contributed by atoms with Crippen LogP contribution in [0.3, 0.4) is 0 Å². The van der Waals surface area contributed by atoms with E-state index in [-0.39, 0.29) is 0 Å². The molecule has 2 heterocycles. The Bertz CT molecular complexity index is 508. The minimum absolute atomic E-state index is 0.629. The highest BCUT2D eigenvalue weighted by atomic mass is 32.2. The first-order valence-electron chi connectivity index (χ1n) is 5.12. The minimum Gasteiger partial charge on any atom is -0.241 e. The van der Waals surface area contributed by atoms with Crippen molar-refractivity contribution in [2.75, 3.05) is 0 Å². The molecule has 4 nitrogen and oxygen atoms in total. The summed E-state index contributed by atoms with van der Waals surface area (Å²) in [6, 6.07) is 8.25. The zero-order valence-electron chi connectivity index (χ0n) is 9.12. The van der Waals surface area contributed by atoms with Crippen molar-refractivity contribution in [2.24, 2.45) is 0 Å². The van der Waals surface area contributed by atoms with Crippen molar-refractivity contribution in [1.82, 2.24) is 10.2 Å². The van der Waals surface area contributed by atoms with Crippen LogP contribution in [0.2, 0.25) is 0 Å². The van der Waals surface area contributed by atoms with Gasteiger partial charge in [0.25, 0.3) is 0 Å². The van der Waals surface area contributed by atoms with Gasteiger partial charge in [-0.15, -0.1) is 11.3 Å². The summed E-state index contributed by atoms with van der Waals surface area (Å²) in [5.41, 5.74) is 3.35. The monoisotopic (exact) mass is 266 g/mol. The van der Waals surface area contributed by atoms with E-state index in [1.807, 2.05) is 6.92 Å². The van der Waals surface area contributed by atoms with Crippen LogP contribution in [0.5, 0.6) is 0 Å². The molecule has 0 bridgehead atoms. The molecule has 0 spiro atoms. The largest absolute Gasteiger partial charge is 0.241 e. The van der Waals surface area contributed by atoms with E-state index in [4.69, 9.17) is 8.57 Å². The molecule has 0 saturated carbocycles. The predicted molar refractivity (Wildman–Crippen MR) is 67.6 cm³/mol.